The molecular weight excluding hydrogens is 256 g/mol. The molecule has 0 saturated heterocycles. The Labute approximate surface area is 119 Å². The number of hydrogen-bond acceptors (Lipinski definition) is 2. The Morgan fingerprint density at radius 3 is 2.21 bits per heavy atom. The summed E-state index contributed by atoms with van der Waals surface area (Å²) in [5.41, 5.74) is 9.42. The van der Waals surface area contributed by atoms with Crippen LogP contribution in [0.5, 0.6) is 0 Å². The van der Waals surface area contributed by atoms with Gasteiger partial charge in [-0.05, 0) is 41.8 Å². The third-order valence-electron chi connectivity index (χ3n) is 3.21. The highest BCUT2D eigenvalue weighted by Crippen LogP contribution is 2.21. The van der Waals surface area contributed by atoms with Crippen LogP contribution in [-0.2, 0) is 6.42 Å². The van der Waals surface area contributed by atoms with Gasteiger partial charge in [0.15, 0.2) is 0 Å². The topological polar surface area (TPSA) is 38.0 Å². The number of rotatable bonds is 5. The van der Waals surface area contributed by atoms with E-state index in [9.17, 15) is 0 Å². The zero-order chi connectivity index (χ0) is 13.7. The fraction of sp³-hybridized carbons (Fsp3) is 0.250. The van der Waals surface area contributed by atoms with E-state index in [0.29, 0.717) is 6.54 Å². The summed E-state index contributed by atoms with van der Waals surface area (Å²) in [7, 11) is 0. The SMILES string of the molecule is CCc1ccc(NC(CN)c2ccc(Cl)cc2)cc1. The van der Waals surface area contributed by atoms with E-state index >= 15 is 0 Å². The quantitative estimate of drug-likeness (QED) is 0.864. The molecule has 2 rings (SSSR count). The minimum atomic E-state index is 0.102. The second-order valence-electron chi connectivity index (χ2n) is 4.53. The number of halogens is 1. The van der Waals surface area contributed by atoms with E-state index in [0.717, 1.165) is 22.7 Å². The molecule has 3 heteroatoms. The summed E-state index contributed by atoms with van der Waals surface area (Å²) in [4.78, 5) is 0. The first-order valence-corrected chi connectivity index (χ1v) is 6.91. The molecule has 19 heavy (non-hydrogen) atoms. The van der Waals surface area contributed by atoms with Gasteiger partial charge < -0.3 is 11.1 Å². The van der Waals surface area contributed by atoms with Gasteiger partial charge in [-0.3, -0.25) is 0 Å². The Hall–Kier alpha value is -1.51. The van der Waals surface area contributed by atoms with Crippen LogP contribution in [0.15, 0.2) is 48.5 Å². The largest absolute Gasteiger partial charge is 0.377 e. The summed E-state index contributed by atoms with van der Waals surface area (Å²) in [6.45, 7) is 2.69. The van der Waals surface area contributed by atoms with Crippen molar-refractivity contribution in [1.29, 1.82) is 0 Å². The van der Waals surface area contributed by atoms with Crippen LogP contribution < -0.4 is 11.1 Å². The molecule has 0 heterocycles. The Balaban J connectivity index is 2.11. The molecule has 2 aromatic rings. The van der Waals surface area contributed by atoms with Crippen molar-refractivity contribution in [2.24, 2.45) is 5.73 Å². The summed E-state index contributed by atoms with van der Waals surface area (Å²) in [6.07, 6.45) is 1.05. The molecule has 2 nitrogen and oxygen atoms in total. The molecule has 0 aliphatic carbocycles. The van der Waals surface area contributed by atoms with Crippen LogP contribution in [0.4, 0.5) is 5.69 Å². The number of nitrogens with one attached hydrogen (secondary N) is 1. The summed E-state index contributed by atoms with van der Waals surface area (Å²) in [6, 6.07) is 16.4. The van der Waals surface area contributed by atoms with Crippen molar-refractivity contribution in [3.63, 3.8) is 0 Å². The molecule has 100 valence electrons. The van der Waals surface area contributed by atoms with Gasteiger partial charge in [-0.25, -0.2) is 0 Å². The monoisotopic (exact) mass is 274 g/mol. The Kier molecular flexibility index (Phi) is 4.83. The molecule has 0 radical (unpaired) electrons. The molecule has 2 aromatic carbocycles. The number of nitrogens with two attached hydrogens (primary N) is 1. The van der Waals surface area contributed by atoms with Crippen molar-refractivity contribution in [2.45, 2.75) is 19.4 Å². The van der Waals surface area contributed by atoms with Crippen molar-refractivity contribution in [3.8, 4) is 0 Å². The molecule has 3 N–H and O–H groups in total. The van der Waals surface area contributed by atoms with Crippen LogP contribution in [0.1, 0.15) is 24.1 Å². The number of aryl methyl sites for hydroxylation is 1. The van der Waals surface area contributed by atoms with Crippen molar-refractivity contribution < 1.29 is 0 Å². The Morgan fingerprint density at radius 2 is 1.68 bits per heavy atom. The maximum Gasteiger partial charge on any atom is 0.0636 e. The summed E-state index contributed by atoms with van der Waals surface area (Å²) >= 11 is 5.90. The number of benzene rings is 2. The third kappa shape index (κ3) is 3.72. The molecular formula is C16H19ClN2. The molecule has 0 aliphatic heterocycles. The molecule has 1 atom stereocenters. The lowest BCUT2D eigenvalue weighted by Crippen LogP contribution is -2.20. The molecule has 0 aromatic heterocycles. The van der Waals surface area contributed by atoms with Gasteiger partial charge >= 0.3 is 0 Å². The predicted molar refractivity (Wildman–Crippen MR) is 82.7 cm³/mol. The number of anilines is 1. The van der Waals surface area contributed by atoms with Crippen LogP contribution in [0, 0.1) is 0 Å². The molecule has 0 bridgehead atoms. The van der Waals surface area contributed by atoms with Crippen molar-refractivity contribution >= 4 is 17.3 Å². The highest BCUT2D eigenvalue weighted by atomic mass is 35.5. The second kappa shape index (κ2) is 6.60. The summed E-state index contributed by atoms with van der Waals surface area (Å²) in [5, 5.41) is 4.19. The van der Waals surface area contributed by atoms with Gasteiger partial charge in [-0.2, -0.15) is 0 Å². The van der Waals surface area contributed by atoms with Crippen molar-refractivity contribution in [3.05, 3.63) is 64.7 Å². The van der Waals surface area contributed by atoms with Gasteiger partial charge in [0, 0.05) is 17.3 Å². The highest BCUT2D eigenvalue weighted by molar-refractivity contribution is 6.30. The molecule has 0 aliphatic rings. The minimum Gasteiger partial charge on any atom is -0.377 e. The van der Waals surface area contributed by atoms with Gasteiger partial charge in [0.2, 0.25) is 0 Å². The Morgan fingerprint density at radius 1 is 1.05 bits per heavy atom. The molecule has 0 fully saturated rings. The van der Waals surface area contributed by atoms with Gasteiger partial charge in [-0.1, -0.05) is 42.8 Å². The van der Waals surface area contributed by atoms with Gasteiger partial charge in [0.05, 0.1) is 6.04 Å². The Bertz CT molecular complexity index is 505. The van der Waals surface area contributed by atoms with Crippen LogP contribution in [0.3, 0.4) is 0 Å². The average Bonchev–Trinajstić information content (AvgIpc) is 2.46. The van der Waals surface area contributed by atoms with Crippen molar-refractivity contribution in [2.75, 3.05) is 11.9 Å². The van der Waals surface area contributed by atoms with Crippen LogP contribution in [-0.4, -0.2) is 6.54 Å². The maximum atomic E-state index is 5.90. The number of hydrogen-bond donors (Lipinski definition) is 2. The predicted octanol–water partition coefficient (Wildman–Crippen LogP) is 4.01. The maximum absolute atomic E-state index is 5.90. The lowest BCUT2D eigenvalue weighted by molar-refractivity contribution is 0.790. The summed E-state index contributed by atoms with van der Waals surface area (Å²) in [5.74, 6) is 0. The van der Waals surface area contributed by atoms with Crippen LogP contribution in [0.2, 0.25) is 5.02 Å². The average molecular weight is 275 g/mol. The molecule has 1 unspecified atom stereocenters. The smallest absolute Gasteiger partial charge is 0.0636 e. The minimum absolute atomic E-state index is 0.102. The molecule has 0 spiro atoms. The van der Waals surface area contributed by atoms with Crippen LogP contribution in [0.25, 0.3) is 0 Å². The standard InChI is InChI=1S/C16H19ClN2/c1-2-12-3-9-15(10-4-12)19-16(11-18)13-5-7-14(17)8-6-13/h3-10,16,19H,2,11,18H2,1H3. The van der Waals surface area contributed by atoms with Gasteiger partial charge in [-0.15, -0.1) is 0 Å². The van der Waals surface area contributed by atoms with E-state index in [-0.39, 0.29) is 6.04 Å². The summed E-state index contributed by atoms with van der Waals surface area (Å²) < 4.78 is 0. The zero-order valence-electron chi connectivity index (χ0n) is 11.1. The second-order valence-corrected chi connectivity index (χ2v) is 4.97. The van der Waals surface area contributed by atoms with Crippen molar-refractivity contribution in [1.82, 2.24) is 0 Å². The fourth-order valence-electron chi connectivity index (χ4n) is 2.01. The molecule has 0 amide bonds. The lowest BCUT2D eigenvalue weighted by Gasteiger charge is -2.19. The molecule has 0 saturated carbocycles. The van der Waals surface area contributed by atoms with E-state index in [2.05, 4.69) is 36.5 Å². The van der Waals surface area contributed by atoms with E-state index in [1.165, 1.54) is 5.56 Å². The van der Waals surface area contributed by atoms with Gasteiger partial charge in [0.1, 0.15) is 0 Å². The van der Waals surface area contributed by atoms with E-state index in [1.807, 2.05) is 24.3 Å². The van der Waals surface area contributed by atoms with Gasteiger partial charge in [0.25, 0.3) is 0 Å². The highest BCUT2D eigenvalue weighted by Gasteiger charge is 2.09. The first kappa shape index (κ1) is 13.9. The first-order chi connectivity index (χ1) is 9.22. The fourth-order valence-corrected chi connectivity index (χ4v) is 2.14. The van der Waals surface area contributed by atoms with E-state index in [1.54, 1.807) is 0 Å². The third-order valence-corrected chi connectivity index (χ3v) is 3.46. The van der Waals surface area contributed by atoms with E-state index in [4.69, 9.17) is 17.3 Å². The van der Waals surface area contributed by atoms with Crippen LogP contribution >= 0.6 is 11.6 Å². The normalized spacial score (nSPS) is 12.2. The lowest BCUT2D eigenvalue weighted by atomic mass is 10.1. The first-order valence-electron chi connectivity index (χ1n) is 6.54. The van der Waals surface area contributed by atoms with E-state index < -0.39 is 0 Å². The zero-order valence-corrected chi connectivity index (χ0v) is 11.8.